The van der Waals surface area contributed by atoms with E-state index in [0.29, 0.717) is 6.42 Å². The standard InChI is InChI=1S/C21H27NO3/c1-5-19(21(23)25-4)20(17-11-13-18(24-3)14-12-17)22-15(2)16-9-7-6-8-10-16/h6-15,19-20,22H,5H2,1-4H3/t15-,19+,20-/m1/s1. The SMILES string of the molecule is CC[C@H](C(=O)OC)[C@H](N[C@H](C)c1ccccc1)c1ccc(OC)cc1. The third kappa shape index (κ3) is 4.83. The van der Waals surface area contributed by atoms with E-state index in [4.69, 9.17) is 9.47 Å². The molecule has 0 saturated carbocycles. The Morgan fingerprint density at radius 1 is 1.00 bits per heavy atom. The number of nitrogens with one attached hydrogen (secondary N) is 1. The molecule has 2 aromatic rings. The highest BCUT2D eigenvalue weighted by atomic mass is 16.5. The van der Waals surface area contributed by atoms with E-state index in [1.54, 1.807) is 7.11 Å². The van der Waals surface area contributed by atoms with Crippen LogP contribution >= 0.6 is 0 Å². The number of esters is 1. The molecule has 4 nitrogen and oxygen atoms in total. The van der Waals surface area contributed by atoms with Gasteiger partial charge in [-0.2, -0.15) is 0 Å². The molecule has 0 bridgehead atoms. The van der Waals surface area contributed by atoms with Gasteiger partial charge in [-0.15, -0.1) is 0 Å². The minimum absolute atomic E-state index is 0.104. The van der Waals surface area contributed by atoms with Crippen molar-refractivity contribution in [3.8, 4) is 5.75 Å². The summed E-state index contributed by atoms with van der Waals surface area (Å²) in [7, 11) is 3.09. The molecule has 4 heteroatoms. The van der Waals surface area contributed by atoms with Gasteiger partial charge >= 0.3 is 5.97 Å². The number of ether oxygens (including phenoxy) is 2. The first-order valence-electron chi connectivity index (χ1n) is 8.63. The molecular weight excluding hydrogens is 314 g/mol. The van der Waals surface area contributed by atoms with E-state index < -0.39 is 0 Å². The summed E-state index contributed by atoms with van der Waals surface area (Å²) in [5.74, 6) is 0.338. The van der Waals surface area contributed by atoms with E-state index in [2.05, 4.69) is 24.4 Å². The molecule has 0 aromatic heterocycles. The Bertz CT molecular complexity index is 655. The number of hydrogen-bond donors (Lipinski definition) is 1. The van der Waals surface area contributed by atoms with Crippen LogP contribution in [0.4, 0.5) is 0 Å². The summed E-state index contributed by atoms with van der Waals surface area (Å²) in [6.45, 7) is 4.11. The average molecular weight is 341 g/mol. The summed E-state index contributed by atoms with van der Waals surface area (Å²) in [5, 5.41) is 3.61. The van der Waals surface area contributed by atoms with Crippen molar-refractivity contribution in [1.29, 1.82) is 0 Å². The van der Waals surface area contributed by atoms with Gasteiger partial charge in [0, 0.05) is 12.1 Å². The molecule has 25 heavy (non-hydrogen) atoms. The number of hydrogen-bond acceptors (Lipinski definition) is 4. The Balaban J connectivity index is 2.31. The van der Waals surface area contributed by atoms with Gasteiger partial charge in [0.25, 0.3) is 0 Å². The van der Waals surface area contributed by atoms with Gasteiger partial charge in [0.1, 0.15) is 5.75 Å². The zero-order chi connectivity index (χ0) is 18.2. The molecule has 0 radical (unpaired) electrons. The molecule has 0 spiro atoms. The number of benzene rings is 2. The minimum atomic E-state index is -0.260. The zero-order valence-electron chi connectivity index (χ0n) is 15.4. The maximum absolute atomic E-state index is 12.3. The molecule has 0 fully saturated rings. The third-order valence-corrected chi connectivity index (χ3v) is 4.55. The van der Waals surface area contributed by atoms with E-state index >= 15 is 0 Å². The predicted octanol–water partition coefficient (Wildman–Crippen LogP) is 4.29. The minimum Gasteiger partial charge on any atom is -0.497 e. The lowest BCUT2D eigenvalue weighted by molar-refractivity contribution is -0.146. The van der Waals surface area contributed by atoms with Crippen molar-refractivity contribution in [3.05, 3.63) is 65.7 Å². The molecule has 0 saturated heterocycles. The summed E-state index contributed by atoms with van der Waals surface area (Å²) in [6, 6.07) is 18.0. The summed E-state index contributed by atoms with van der Waals surface area (Å²) < 4.78 is 10.3. The average Bonchev–Trinajstić information content (AvgIpc) is 2.68. The Labute approximate surface area is 150 Å². The van der Waals surface area contributed by atoms with Gasteiger partial charge < -0.3 is 14.8 Å². The molecule has 0 unspecified atom stereocenters. The molecule has 2 aromatic carbocycles. The van der Waals surface area contributed by atoms with Crippen LogP contribution in [0.25, 0.3) is 0 Å². The monoisotopic (exact) mass is 341 g/mol. The van der Waals surface area contributed by atoms with E-state index in [0.717, 1.165) is 11.3 Å². The summed E-state index contributed by atoms with van der Waals surface area (Å²) in [5.41, 5.74) is 2.22. The van der Waals surface area contributed by atoms with Crippen LogP contribution in [0.2, 0.25) is 0 Å². The fraction of sp³-hybridized carbons (Fsp3) is 0.381. The van der Waals surface area contributed by atoms with Gasteiger partial charge in [0.2, 0.25) is 0 Å². The fourth-order valence-corrected chi connectivity index (χ4v) is 3.05. The highest BCUT2D eigenvalue weighted by Crippen LogP contribution is 2.30. The van der Waals surface area contributed by atoms with Crippen LogP contribution in [-0.4, -0.2) is 20.2 Å². The van der Waals surface area contributed by atoms with Gasteiger partial charge in [-0.3, -0.25) is 4.79 Å². The molecular formula is C21H27NO3. The molecule has 1 N–H and O–H groups in total. The lowest BCUT2D eigenvalue weighted by Crippen LogP contribution is -2.35. The molecule has 0 aliphatic carbocycles. The van der Waals surface area contributed by atoms with Crippen molar-refractivity contribution in [1.82, 2.24) is 5.32 Å². The molecule has 0 aliphatic rings. The van der Waals surface area contributed by atoms with Crippen molar-refractivity contribution >= 4 is 5.97 Å². The van der Waals surface area contributed by atoms with Gasteiger partial charge in [-0.05, 0) is 36.6 Å². The van der Waals surface area contributed by atoms with Crippen molar-refractivity contribution in [3.63, 3.8) is 0 Å². The highest BCUT2D eigenvalue weighted by Gasteiger charge is 2.30. The smallest absolute Gasteiger partial charge is 0.310 e. The predicted molar refractivity (Wildman–Crippen MR) is 99.5 cm³/mol. The van der Waals surface area contributed by atoms with Crippen LogP contribution in [0.1, 0.15) is 43.5 Å². The first-order valence-corrected chi connectivity index (χ1v) is 8.63. The number of rotatable bonds is 8. The van der Waals surface area contributed by atoms with Crippen molar-refractivity contribution in [2.45, 2.75) is 32.4 Å². The molecule has 134 valence electrons. The number of carbonyl (C=O) groups excluding carboxylic acids is 1. The number of methoxy groups -OCH3 is 2. The lowest BCUT2D eigenvalue weighted by atomic mass is 9.89. The second-order valence-corrected chi connectivity index (χ2v) is 6.09. The second kappa shape index (κ2) is 9.23. The maximum Gasteiger partial charge on any atom is 0.310 e. The number of carbonyl (C=O) groups is 1. The van der Waals surface area contributed by atoms with Crippen LogP contribution in [0.5, 0.6) is 5.75 Å². The van der Waals surface area contributed by atoms with Crippen molar-refractivity contribution in [2.24, 2.45) is 5.92 Å². The van der Waals surface area contributed by atoms with E-state index in [-0.39, 0.29) is 24.0 Å². The zero-order valence-corrected chi connectivity index (χ0v) is 15.4. The molecule has 0 aliphatic heterocycles. The lowest BCUT2D eigenvalue weighted by Gasteiger charge is -2.29. The second-order valence-electron chi connectivity index (χ2n) is 6.09. The molecule has 0 amide bonds. The van der Waals surface area contributed by atoms with Crippen molar-refractivity contribution < 1.29 is 14.3 Å². The van der Waals surface area contributed by atoms with Gasteiger partial charge in [-0.1, -0.05) is 49.4 Å². The Kier molecular flexibility index (Phi) is 7.02. The normalized spacial score (nSPS) is 14.4. The summed E-state index contributed by atoms with van der Waals surface area (Å²) in [6.07, 6.45) is 0.692. The highest BCUT2D eigenvalue weighted by molar-refractivity contribution is 5.73. The largest absolute Gasteiger partial charge is 0.497 e. The van der Waals surface area contributed by atoms with E-state index in [1.807, 2.05) is 49.4 Å². The van der Waals surface area contributed by atoms with Gasteiger partial charge in [0.05, 0.1) is 20.1 Å². The first-order chi connectivity index (χ1) is 12.1. The maximum atomic E-state index is 12.3. The first kappa shape index (κ1) is 19.0. The topological polar surface area (TPSA) is 47.6 Å². The Morgan fingerprint density at radius 3 is 2.16 bits per heavy atom. The van der Waals surface area contributed by atoms with Crippen LogP contribution in [-0.2, 0) is 9.53 Å². The third-order valence-electron chi connectivity index (χ3n) is 4.55. The molecule has 3 atom stereocenters. The van der Waals surface area contributed by atoms with Crippen LogP contribution in [0, 0.1) is 5.92 Å². The van der Waals surface area contributed by atoms with Crippen LogP contribution < -0.4 is 10.1 Å². The Hall–Kier alpha value is -2.33. The van der Waals surface area contributed by atoms with Crippen LogP contribution in [0.15, 0.2) is 54.6 Å². The fourth-order valence-electron chi connectivity index (χ4n) is 3.05. The quantitative estimate of drug-likeness (QED) is 0.728. The van der Waals surface area contributed by atoms with Gasteiger partial charge in [0.15, 0.2) is 0 Å². The van der Waals surface area contributed by atoms with Crippen molar-refractivity contribution in [2.75, 3.05) is 14.2 Å². The van der Waals surface area contributed by atoms with E-state index in [9.17, 15) is 4.79 Å². The van der Waals surface area contributed by atoms with Crippen LogP contribution in [0.3, 0.4) is 0 Å². The summed E-state index contributed by atoms with van der Waals surface area (Å²) in [4.78, 5) is 12.3. The van der Waals surface area contributed by atoms with E-state index in [1.165, 1.54) is 12.7 Å². The summed E-state index contributed by atoms with van der Waals surface area (Å²) >= 11 is 0. The molecule has 2 rings (SSSR count). The Morgan fingerprint density at radius 2 is 1.64 bits per heavy atom. The van der Waals surface area contributed by atoms with Gasteiger partial charge in [-0.25, -0.2) is 0 Å². The molecule has 0 heterocycles.